The largest absolute Gasteiger partial charge is 0.493 e. The molecule has 4 aromatic rings. The van der Waals surface area contributed by atoms with Gasteiger partial charge in [0.25, 0.3) is 5.69 Å². The van der Waals surface area contributed by atoms with Crippen LogP contribution in [0.5, 0.6) is 5.88 Å². The van der Waals surface area contributed by atoms with E-state index in [4.69, 9.17) is 0 Å². The van der Waals surface area contributed by atoms with Crippen molar-refractivity contribution in [2.75, 3.05) is 0 Å². The highest BCUT2D eigenvalue weighted by Gasteiger charge is 2.16. The molecule has 7 nitrogen and oxygen atoms in total. The highest BCUT2D eigenvalue weighted by atomic mass is 16.6. The van der Waals surface area contributed by atoms with Gasteiger partial charge in [-0.05, 0) is 17.7 Å². The smallest absolute Gasteiger partial charge is 0.271 e. The molecule has 28 heavy (non-hydrogen) atoms. The molecule has 1 N–H and O–H groups in total. The van der Waals surface area contributed by atoms with E-state index in [1.54, 1.807) is 16.7 Å². The van der Waals surface area contributed by atoms with E-state index in [9.17, 15) is 15.2 Å². The molecule has 0 amide bonds. The Morgan fingerprint density at radius 3 is 2.46 bits per heavy atom. The third kappa shape index (κ3) is 3.33. The van der Waals surface area contributed by atoms with Crippen LogP contribution in [-0.2, 0) is 6.54 Å². The lowest BCUT2D eigenvalue weighted by molar-refractivity contribution is -0.384. The lowest BCUT2D eigenvalue weighted by Crippen LogP contribution is -1.98. The maximum absolute atomic E-state index is 10.9. The normalized spacial score (nSPS) is 11.3. The summed E-state index contributed by atoms with van der Waals surface area (Å²) in [7, 11) is 0. The summed E-state index contributed by atoms with van der Waals surface area (Å²) < 4.78 is 1.77. The Hall–Kier alpha value is -4.00. The fourth-order valence-corrected chi connectivity index (χ4v) is 3.07. The molecule has 7 heteroatoms. The molecule has 138 valence electrons. The molecule has 4 rings (SSSR count). The molecule has 0 spiro atoms. The SMILES string of the molecule is O=[N+]([O-])c1cccc(N=Nc2c(O)n(Cc3ccccc3)c3ccccc23)c1. The van der Waals surface area contributed by atoms with Crippen LogP contribution in [0.25, 0.3) is 10.9 Å². The summed E-state index contributed by atoms with van der Waals surface area (Å²) in [5.74, 6) is -0.000709. The van der Waals surface area contributed by atoms with Gasteiger partial charge in [-0.15, -0.1) is 5.11 Å². The second-order valence-electron chi connectivity index (χ2n) is 6.24. The number of hydrogen-bond acceptors (Lipinski definition) is 5. The van der Waals surface area contributed by atoms with Crippen molar-refractivity contribution in [1.29, 1.82) is 0 Å². The van der Waals surface area contributed by atoms with E-state index < -0.39 is 4.92 Å². The number of nitrogens with zero attached hydrogens (tertiary/aromatic N) is 4. The minimum absolute atomic E-state index is 0.000709. The molecule has 0 aliphatic rings. The van der Waals surface area contributed by atoms with Crippen molar-refractivity contribution in [2.45, 2.75) is 6.54 Å². The molecule has 0 bridgehead atoms. The molecule has 0 aliphatic carbocycles. The number of para-hydroxylation sites is 1. The quantitative estimate of drug-likeness (QED) is 0.276. The number of benzene rings is 3. The number of aromatic hydroxyl groups is 1. The van der Waals surface area contributed by atoms with Crippen molar-refractivity contribution in [3.8, 4) is 5.88 Å². The van der Waals surface area contributed by atoms with Crippen molar-refractivity contribution >= 4 is 28.0 Å². The first-order valence-corrected chi connectivity index (χ1v) is 8.64. The number of aromatic nitrogens is 1. The first-order chi connectivity index (χ1) is 13.6. The summed E-state index contributed by atoms with van der Waals surface area (Å²) in [4.78, 5) is 10.4. The zero-order chi connectivity index (χ0) is 19.5. The number of non-ortho nitro benzene ring substituents is 1. The van der Waals surface area contributed by atoms with Gasteiger partial charge in [-0.2, -0.15) is 5.11 Å². The van der Waals surface area contributed by atoms with Gasteiger partial charge in [0, 0.05) is 17.5 Å². The number of hydrogen-bond donors (Lipinski definition) is 1. The predicted octanol–water partition coefficient (Wildman–Crippen LogP) is 5.72. The first-order valence-electron chi connectivity index (χ1n) is 8.64. The molecule has 1 aromatic heterocycles. The molecule has 0 aliphatic heterocycles. The molecule has 1 heterocycles. The van der Waals surface area contributed by atoms with Crippen LogP contribution in [-0.4, -0.2) is 14.6 Å². The maximum atomic E-state index is 10.9. The molecule has 3 aromatic carbocycles. The van der Waals surface area contributed by atoms with Gasteiger partial charge in [0.05, 0.1) is 22.7 Å². The zero-order valence-corrected chi connectivity index (χ0v) is 14.8. The number of azo groups is 1. The minimum atomic E-state index is -0.484. The highest BCUT2D eigenvalue weighted by Crippen LogP contribution is 2.40. The van der Waals surface area contributed by atoms with Gasteiger partial charge >= 0.3 is 0 Å². The lowest BCUT2D eigenvalue weighted by Gasteiger charge is -2.06. The second kappa shape index (κ2) is 7.32. The molecule has 0 saturated heterocycles. The second-order valence-corrected chi connectivity index (χ2v) is 6.24. The van der Waals surface area contributed by atoms with Crippen molar-refractivity contribution < 1.29 is 10.0 Å². The van der Waals surface area contributed by atoms with Gasteiger partial charge < -0.3 is 9.67 Å². The molecular formula is C21H16N4O3. The third-order valence-electron chi connectivity index (χ3n) is 4.41. The number of rotatable bonds is 5. The van der Waals surface area contributed by atoms with E-state index in [0.29, 0.717) is 17.9 Å². The van der Waals surface area contributed by atoms with E-state index in [1.807, 2.05) is 54.6 Å². The average Bonchev–Trinajstić information content (AvgIpc) is 2.99. The van der Waals surface area contributed by atoms with E-state index in [0.717, 1.165) is 16.5 Å². The minimum Gasteiger partial charge on any atom is -0.493 e. The van der Waals surface area contributed by atoms with E-state index in [1.165, 1.54) is 12.1 Å². The molecule has 0 unspecified atom stereocenters. The van der Waals surface area contributed by atoms with Crippen LogP contribution < -0.4 is 0 Å². The van der Waals surface area contributed by atoms with Crippen LogP contribution in [0.15, 0.2) is 89.1 Å². The van der Waals surface area contributed by atoms with Crippen LogP contribution in [0.4, 0.5) is 17.1 Å². The van der Waals surface area contributed by atoms with Crippen LogP contribution in [0, 0.1) is 10.1 Å². The Bertz CT molecular complexity index is 1180. The van der Waals surface area contributed by atoms with Crippen molar-refractivity contribution in [3.63, 3.8) is 0 Å². The lowest BCUT2D eigenvalue weighted by atomic mass is 10.2. The Kier molecular flexibility index (Phi) is 4.55. The third-order valence-corrected chi connectivity index (χ3v) is 4.41. The fraction of sp³-hybridized carbons (Fsp3) is 0.0476. The number of fused-ring (bicyclic) bond motifs is 1. The topological polar surface area (TPSA) is 93.0 Å². The van der Waals surface area contributed by atoms with Gasteiger partial charge in [0.15, 0.2) is 5.69 Å². The predicted molar refractivity (Wildman–Crippen MR) is 106 cm³/mol. The Morgan fingerprint density at radius 1 is 0.929 bits per heavy atom. The Morgan fingerprint density at radius 2 is 1.68 bits per heavy atom. The van der Waals surface area contributed by atoms with Gasteiger partial charge in [0.1, 0.15) is 0 Å². The van der Waals surface area contributed by atoms with Crippen LogP contribution >= 0.6 is 0 Å². The molecule has 0 fully saturated rings. The fourth-order valence-electron chi connectivity index (χ4n) is 3.07. The summed E-state index contributed by atoms with van der Waals surface area (Å²) in [5.41, 5.74) is 2.48. The van der Waals surface area contributed by atoms with Crippen LogP contribution in [0.1, 0.15) is 5.56 Å². The zero-order valence-electron chi connectivity index (χ0n) is 14.8. The summed E-state index contributed by atoms with van der Waals surface area (Å²) in [6.07, 6.45) is 0. The molecule has 0 radical (unpaired) electrons. The van der Waals surface area contributed by atoms with Crippen LogP contribution in [0.2, 0.25) is 0 Å². The summed E-state index contributed by atoms with van der Waals surface area (Å²) in [5, 5.41) is 30.8. The molecule has 0 atom stereocenters. The molecular weight excluding hydrogens is 356 g/mol. The van der Waals surface area contributed by atoms with Crippen molar-refractivity contribution in [3.05, 3.63) is 94.5 Å². The summed E-state index contributed by atoms with van der Waals surface area (Å²) >= 11 is 0. The maximum Gasteiger partial charge on any atom is 0.271 e. The summed E-state index contributed by atoms with van der Waals surface area (Å²) in [6, 6.07) is 23.2. The van der Waals surface area contributed by atoms with Crippen LogP contribution in [0.3, 0.4) is 0 Å². The van der Waals surface area contributed by atoms with Crippen molar-refractivity contribution in [1.82, 2.24) is 4.57 Å². The highest BCUT2D eigenvalue weighted by molar-refractivity contribution is 5.95. The van der Waals surface area contributed by atoms with Gasteiger partial charge in [0.2, 0.25) is 5.88 Å². The van der Waals surface area contributed by atoms with Crippen molar-refractivity contribution in [2.24, 2.45) is 10.2 Å². The first kappa shape index (κ1) is 17.4. The Labute approximate surface area is 160 Å². The van der Waals surface area contributed by atoms with Gasteiger partial charge in [-0.3, -0.25) is 10.1 Å². The van der Waals surface area contributed by atoms with Gasteiger partial charge in [-0.25, -0.2) is 0 Å². The number of nitro groups is 1. The van der Waals surface area contributed by atoms with E-state index >= 15 is 0 Å². The standard InChI is InChI=1S/C21H16N4O3/c26-21-20(23-22-16-9-6-10-17(13-16)25(27)28)18-11-4-5-12-19(18)24(21)14-15-7-2-1-3-8-15/h1-13,26H,14H2. The molecule has 0 saturated carbocycles. The number of nitro benzene ring substituents is 1. The summed E-state index contributed by atoms with van der Waals surface area (Å²) in [6.45, 7) is 0.486. The Balaban J connectivity index is 1.76. The monoisotopic (exact) mass is 372 g/mol. The van der Waals surface area contributed by atoms with Gasteiger partial charge in [-0.1, -0.05) is 54.6 Å². The average molecular weight is 372 g/mol. The van der Waals surface area contributed by atoms with E-state index in [2.05, 4.69) is 10.2 Å². The van der Waals surface area contributed by atoms with E-state index in [-0.39, 0.29) is 11.6 Å².